The second-order valence-electron chi connectivity index (χ2n) is 3.77. The van der Waals surface area contributed by atoms with Crippen molar-refractivity contribution >= 4 is 11.5 Å². The van der Waals surface area contributed by atoms with Crippen LogP contribution >= 0.6 is 0 Å². The molecule has 0 fully saturated rings. The molecule has 1 aromatic heterocycles. The van der Waals surface area contributed by atoms with Crippen molar-refractivity contribution in [1.29, 1.82) is 0 Å². The molecule has 0 aliphatic carbocycles. The summed E-state index contributed by atoms with van der Waals surface area (Å²) in [5.41, 5.74) is 0.315. The van der Waals surface area contributed by atoms with Crippen LogP contribution in [0.3, 0.4) is 0 Å². The Morgan fingerprint density at radius 2 is 2.00 bits per heavy atom. The van der Waals surface area contributed by atoms with Crippen molar-refractivity contribution < 1.29 is 14.5 Å². The van der Waals surface area contributed by atoms with Gasteiger partial charge in [-0.3, -0.25) is 14.9 Å². The lowest BCUT2D eigenvalue weighted by Gasteiger charge is -2.05. The van der Waals surface area contributed by atoms with E-state index >= 15 is 0 Å². The maximum absolute atomic E-state index is 11.1. The van der Waals surface area contributed by atoms with Crippen LogP contribution in [-0.4, -0.2) is 15.7 Å². The number of hydrogen-bond acceptors (Lipinski definition) is 5. The molecule has 0 spiro atoms. The highest BCUT2D eigenvalue weighted by atomic mass is 16.6. The van der Waals surface area contributed by atoms with Gasteiger partial charge in [0, 0.05) is 23.9 Å². The number of carbonyl (C=O) groups excluding carboxylic acids is 1. The minimum absolute atomic E-state index is 0.107. The minimum Gasteiger partial charge on any atom is -0.432 e. The van der Waals surface area contributed by atoms with Gasteiger partial charge in [-0.05, 0) is 19.1 Å². The van der Waals surface area contributed by atoms with E-state index in [2.05, 4.69) is 4.98 Å². The third-order valence-corrected chi connectivity index (χ3v) is 2.42. The molecule has 0 aliphatic heterocycles. The third kappa shape index (κ3) is 2.92. The molecular weight excluding hydrogens is 248 g/mol. The molecule has 19 heavy (non-hydrogen) atoms. The zero-order valence-corrected chi connectivity index (χ0v) is 10.1. The minimum atomic E-state index is -0.529. The lowest BCUT2D eigenvalue weighted by molar-refractivity contribution is -0.385. The zero-order chi connectivity index (χ0) is 13.8. The van der Waals surface area contributed by atoms with E-state index in [0.29, 0.717) is 5.56 Å². The van der Waals surface area contributed by atoms with E-state index < -0.39 is 4.92 Å². The summed E-state index contributed by atoms with van der Waals surface area (Å²) in [4.78, 5) is 25.3. The Kier molecular flexibility index (Phi) is 3.51. The molecule has 0 unspecified atom stereocenters. The number of carbonyl (C=O) groups is 1. The third-order valence-electron chi connectivity index (χ3n) is 2.42. The van der Waals surface area contributed by atoms with Gasteiger partial charge in [-0.1, -0.05) is 12.1 Å². The van der Waals surface area contributed by atoms with Crippen LogP contribution in [0.2, 0.25) is 0 Å². The summed E-state index contributed by atoms with van der Waals surface area (Å²) in [6, 6.07) is 9.06. The number of ketones is 1. The Hall–Kier alpha value is -2.76. The number of Topliss-reactive ketones (excluding diaryl/α,β-unsaturated/α-hetero) is 1. The Morgan fingerprint density at radius 1 is 1.26 bits per heavy atom. The van der Waals surface area contributed by atoms with Gasteiger partial charge in [0.25, 0.3) is 0 Å². The number of pyridine rings is 1. The number of nitro benzene ring substituents is 1. The van der Waals surface area contributed by atoms with Gasteiger partial charge in [0.15, 0.2) is 5.78 Å². The van der Waals surface area contributed by atoms with E-state index in [-0.39, 0.29) is 23.1 Å². The van der Waals surface area contributed by atoms with Crippen molar-refractivity contribution in [3.05, 3.63) is 58.3 Å². The van der Waals surface area contributed by atoms with Crippen LogP contribution in [0.25, 0.3) is 0 Å². The standard InChI is InChI=1S/C13H10N2O4/c1-9(16)10-6-7-13(14-8-10)19-12-5-3-2-4-11(12)15(17)18/h2-8H,1H3. The Labute approximate surface area is 108 Å². The first kappa shape index (κ1) is 12.7. The van der Waals surface area contributed by atoms with E-state index in [4.69, 9.17) is 4.74 Å². The smallest absolute Gasteiger partial charge is 0.311 e. The number of aromatic nitrogens is 1. The molecular formula is C13H10N2O4. The fourth-order valence-corrected chi connectivity index (χ4v) is 1.46. The van der Waals surface area contributed by atoms with Gasteiger partial charge in [0.2, 0.25) is 11.6 Å². The SMILES string of the molecule is CC(=O)c1ccc(Oc2ccccc2[N+](=O)[O-])nc1. The molecule has 0 saturated heterocycles. The second-order valence-corrected chi connectivity index (χ2v) is 3.77. The molecule has 6 heteroatoms. The number of benzene rings is 1. The van der Waals surface area contributed by atoms with E-state index in [1.165, 1.54) is 31.3 Å². The van der Waals surface area contributed by atoms with Crippen molar-refractivity contribution in [1.82, 2.24) is 4.98 Å². The molecule has 0 saturated carbocycles. The molecule has 6 nitrogen and oxygen atoms in total. The first-order valence-corrected chi connectivity index (χ1v) is 5.46. The highest BCUT2D eigenvalue weighted by Crippen LogP contribution is 2.29. The van der Waals surface area contributed by atoms with Crippen LogP contribution in [0.5, 0.6) is 11.6 Å². The summed E-state index contributed by atoms with van der Waals surface area (Å²) in [7, 11) is 0. The maximum Gasteiger partial charge on any atom is 0.311 e. The van der Waals surface area contributed by atoms with Crippen molar-refractivity contribution in [3.8, 4) is 11.6 Å². The monoisotopic (exact) mass is 258 g/mol. The predicted octanol–water partition coefficient (Wildman–Crippen LogP) is 2.98. The fraction of sp³-hybridized carbons (Fsp3) is 0.0769. The number of ether oxygens (including phenoxy) is 1. The molecule has 2 rings (SSSR count). The summed E-state index contributed by atoms with van der Waals surface area (Å²) in [5.74, 6) is 0.194. The number of nitro groups is 1. The highest BCUT2D eigenvalue weighted by molar-refractivity contribution is 5.93. The normalized spacial score (nSPS) is 9.95. The van der Waals surface area contributed by atoms with Crippen LogP contribution < -0.4 is 4.74 Å². The predicted molar refractivity (Wildman–Crippen MR) is 67.4 cm³/mol. The summed E-state index contributed by atoms with van der Waals surface area (Å²) in [5, 5.41) is 10.8. The first-order chi connectivity index (χ1) is 9.08. The zero-order valence-electron chi connectivity index (χ0n) is 10.1. The number of rotatable bonds is 4. The maximum atomic E-state index is 11.1. The Balaban J connectivity index is 2.26. The van der Waals surface area contributed by atoms with Gasteiger partial charge in [-0.15, -0.1) is 0 Å². The summed E-state index contributed by atoms with van der Waals surface area (Å²) in [6.07, 6.45) is 1.37. The van der Waals surface area contributed by atoms with E-state index in [1.807, 2.05) is 0 Å². The molecule has 1 aromatic carbocycles. The molecule has 0 amide bonds. The molecule has 2 aromatic rings. The van der Waals surface area contributed by atoms with Gasteiger partial charge in [0.05, 0.1) is 4.92 Å². The van der Waals surface area contributed by atoms with Crippen molar-refractivity contribution in [2.45, 2.75) is 6.92 Å². The summed E-state index contributed by atoms with van der Waals surface area (Å²) < 4.78 is 5.34. The van der Waals surface area contributed by atoms with Crippen LogP contribution in [0.4, 0.5) is 5.69 Å². The average Bonchev–Trinajstić information content (AvgIpc) is 2.39. The number of para-hydroxylation sites is 2. The topological polar surface area (TPSA) is 82.3 Å². The Morgan fingerprint density at radius 3 is 2.58 bits per heavy atom. The molecule has 96 valence electrons. The van der Waals surface area contributed by atoms with Crippen LogP contribution in [0.1, 0.15) is 17.3 Å². The van der Waals surface area contributed by atoms with Gasteiger partial charge in [0.1, 0.15) is 0 Å². The molecule has 0 radical (unpaired) electrons. The fourth-order valence-electron chi connectivity index (χ4n) is 1.46. The van der Waals surface area contributed by atoms with Crippen molar-refractivity contribution in [2.24, 2.45) is 0 Å². The van der Waals surface area contributed by atoms with Gasteiger partial charge in [-0.2, -0.15) is 0 Å². The van der Waals surface area contributed by atoms with Gasteiger partial charge >= 0.3 is 5.69 Å². The highest BCUT2D eigenvalue weighted by Gasteiger charge is 2.14. The number of nitrogens with zero attached hydrogens (tertiary/aromatic N) is 2. The lowest BCUT2D eigenvalue weighted by Crippen LogP contribution is -1.96. The lowest BCUT2D eigenvalue weighted by atomic mass is 10.2. The summed E-state index contributed by atoms with van der Waals surface area (Å²) in [6.45, 7) is 1.43. The molecule has 1 heterocycles. The van der Waals surface area contributed by atoms with Crippen LogP contribution in [0.15, 0.2) is 42.6 Å². The van der Waals surface area contributed by atoms with Crippen LogP contribution in [0, 0.1) is 10.1 Å². The largest absolute Gasteiger partial charge is 0.432 e. The molecule has 0 atom stereocenters. The number of hydrogen-bond donors (Lipinski definition) is 0. The van der Waals surface area contributed by atoms with Gasteiger partial charge in [-0.25, -0.2) is 4.98 Å². The van der Waals surface area contributed by atoms with E-state index in [0.717, 1.165) is 0 Å². The van der Waals surface area contributed by atoms with E-state index in [9.17, 15) is 14.9 Å². The van der Waals surface area contributed by atoms with Crippen molar-refractivity contribution in [2.75, 3.05) is 0 Å². The van der Waals surface area contributed by atoms with E-state index in [1.54, 1.807) is 18.2 Å². The quantitative estimate of drug-likeness (QED) is 0.478. The average molecular weight is 258 g/mol. The first-order valence-electron chi connectivity index (χ1n) is 5.46. The summed E-state index contributed by atoms with van der Waals surface area (Å²) >= 11 is 0. The molecule has 0 aliphatic rings. The molecule has 0 bridgehead atoms. The van der Waals surface area contributed by atoms with Gasteiger partial charge < -0.3 is 4.74 Å². The van der Waals surface area contributed by atoms with Crippen LogP contribution in [-0.2, 0) is 0 Å². The van der Waals surface area contributed by atoms with Crippen molar-refractivity contribution in [3.63, 3.8) is 0 Å². The molecule has 0 N–H and O–H groups in total. The Bertz CT molecular complexity index is 623. The second kappa shape index (κ2) is 5.26.